The molecule has 0 amide bonds. The van der Waals surface area contributed by atoms with Crippen LogP contribution in [0.15, 0.2) is 23.4 Å². The second-order valence-electron chi connectivity index (χ2n) is 5.54. The molecule has 2 aromatic rings. The molecule has 6 heteroatoms. The van der Waals surface area contributed by atoms with Gasteiger partial charge >= 0.3 is 0 Å². The highest BCUT2D eigenvalue weighted by Gasteiger charge is 2.25. The number of tetrazole rings is 1. The van der Waals surface area contributed by atoms with Crippen LogP contribution in [-0.4, -0.2) is 31.2 Å². The number of nitrogens with zero attached hydrogens (tertiary/aromatic N) is 4. The molecule has 3 rings (SSSR count). The molecule has 1 heterocycles. The van der Waals surface area contributed by atoms with Crippen LogP contribution >= 0.6 is 11.8 Å². The zero-order valence-corrected chi connectivity index (χ0v) is 13.1. The average Bonchev–Trinajstić information content (AvgIpc) is 2.88. The van der Waals surface area contributed by atoms with Gasteiger partial charge in [-0.2, -0.15) is 4.68 Å². The number of carbonyl (C=O) groups is 1. The van der Waals surface area contributed by atoms with Crippen LogP contribution in [0, 0.1) is 13.8 Å². The normalized spacial score (nSPS) is 19.0. The van der Waals surface area contributed by atoms with Crippen molar-refractivity contribution in [3.63, 3.8) is 0 Å². The number of hydrogen-bond acceptors (Lipinski definition) is 5. The molecule has 0 saturated heterocycles. The van der Waals surface area contributed by atoms with Crippen molar-refractivity contribution in [1.29, 1.82) is 0 Å². The molecule has 110 valence electrons. The molecule has 0 aliphatic heterocycles. The first-order valence-electron chi connectivity index (χ1n) is 7.20. The second-order valence-corrected chi connectivity index (χ2v) is 6.71. The van der Waals surface area contributed by atoms with Gasteiger partial charge in [0, 0.05) is 6.42 Å². The fraction of sp³-hybridized carbons (Fsp3) is 0.467. The van der Waals surface area contributed by atoms with Crippen molar-refractivity contribution in [1.82, 2.24) is 20.2 Å². The standard InChI is InChI=1S/C15H18N4OS/c1-10-7-11(2)9-12(8-10)19-15(16-17-18-19)21-14-6-4-3-5-13(14)20/h7-9,14H,3-6H2,1-2H3. The van der Waals surface area contributed by atoms with Crippen molar-refractivity contribution >= 4 is 17.5 Å². The molecule has 0 radical (unpaired) electrons. The van der Waals surface area contributed by atoms with E-state index in [9.17, 15) is 4.79 Å². The molecule has 0 spiro atoms. The zero-order valence-electron chi connectivity index (χ0n) is 12.2. The Hall–Kier alpha value is -1.69. The molecule has 1 atom stereocenters. The smallest absolute Gasteiger partial charge is 0.214 e. The number of ketones is 1. The zero-order chi connectivity index (χ0) is 14.8. The van der Waals surface area contributed by atoms with E-state index >= 15 is 0 Å². The number of Topliss-reactive ketones (excluding diaryl/α,β-unsaturated/α-hetero) is 1. The first-order valence-corrected chi connectivity index (χ1v) is 8.08. The Morgan fingerprint density at radius 3 is 2.67 bits per heavy atom. The minimum atomic E-state index is -0.00518. The molecule has 1 saturated carbocycles. The number of thioether (sulfide) groups is 1. The maximum atomic E-state index is 12.0. The summed E-state index contributed by atoms with van der Waals surface area (Å²) in [5.41, 5.74) is 3.29. The number of aryl methyl sites for hydroxylation is 2. The first kappa shape index (κ1) is 14.3. The largest absolute Gasteiger partial charge is 0.298 e. The number of rotatable bonds is 3. The van der Waals surface area contributed by atoms with Gasteiger partial charge in [0.2, 0.25) is 5.16 Å². The van der Waals surface area contributed by atoms with E-state index in [4.69, 9.17) is 0 Å². The monoisotopic (exact) mass is 302 g/mol. The van der Waals surface area contributed by atoms with Gasteiger partial charge < -0.3 is 0 Å². The van der Waals surface area contributed by atoms with Crippen LogP contribution in [0.1, 0.15) is 36.8 Å². The maximum absolute atomic E-state index is 12.0. The summed E-state index contributed by atoms with van der Waals surface area (Å²) in [4.78, 5) is 12.0. The summed E-state index contributed by atoms with van der Waals surface area (Å²) < 4.78 is 1.73. The van der Waals surface area contributed by atoms with Crippen molar-refractivity contribution in [2.24, 2.45) is 0 Å². The highest BCUT2D eigenvalue weighted by molar-refractivity contribution is 8.00. The van der Waals surface area contributed by atoms with Gasteiger partial charge in [0.1, 0.15) is 5.78 Å². The Labute approximate surface area is 128 Å². The highest BCUT2D eigenvalue weighted by Crippen LogP contribution is 2.31. The van der Waals surface area contributed by atoms with Gasteiger partial charge in [0.25, 0.3) is 0 Å². The van der Waals surface area contributed by atoms with Crippen molar-refractivity contribution in [2.45, 2.75) is 49.9 Å². The summed E-state index contributed by atoms with van der Waals surface area (Å²) in [6.07, 6.45) is 3.72. The van der Waals surface area contributed by atoms with Gasteiger partial charge in [0.05, 0.1) is 10.9 Å². The van der Waals surface area contributed by atoms with E-state index in [1.54, 1.807) is 4.68 Å². The second kappa shape index (κ2) is 5.97. The molecule has 21 heavy (non-hydrogen) atoms. The van der Waals surface area contributed by atoms with Crippen molar-refractivity contribution < 1.29 is 4.79 Å². The lowest BCUT2D eigenvalue weighted by Gasteiger charge is -2.19. The lowest BCUT2D eigenvalue weighted by atomic mass is 9.99. The lowest BCUT2D eigenvalue weighted by Crippen LogP contribution is -2.21. The molecule has 0 bridgehead atoms. The molecule has 1 aromatic heterocycles. The van der Waals surface area contributed by atoms with Crippen LogP contribution in [0.3, 0.4) is 0 Å². The van der Waals surface area contributed by atoms with E-state index in [1.807, 2.05) is 0 Å². The van der Waals surface area contributed by atoms with Crippen molar-refractivity contribution in [2.75, 3.05) is 0 Å². The van der Waals surface area contributed by atoms with Gasteiger partial charge in [-0.3, -0.25) is 4.79 Å². The third kappa shape index (κ3) is 3.15. The van der Waals surface area contributed by atoms with E-state index in [2.05, 4.69) is 47.6 Å². The van der Waals surface area contributed by atoms with E-state index in [0.717, 1.165) is 24.9 Å². The van der Waals surface area contributed by atoms with Crippen LogP contribution < -0.4 is 0 Å². The van der Waals surface area contributed by atoms with Crippen molar-refractivity contribution in [3.8, 4) is 5.69 Å². The fourth-order valence-corrected chi connectivity index (χ4v) is 3.80. The first-order chi connectivity index (χ1) is 10.1. The van der Waals surface area contributed by atoms with Crippen LogP contribution in [0.4, 0.5) is 0 Å². The Morgan fingerprint density at radius 2 is 1.95 bits per heavy atom. The molecular formula is C15H18N4OS. The van der Waals surface area contributed by atoms with Gasteiger partial charge in [0.15, 0.2) is 0 Å². The van der Waals surface area contributed by atoms with E-state index in [-0.39, 0.29) is 5.25 Å². The molecule has 1 aromatic carbocycles. The average molecular weight is 302 g/mol. The van der Waals surface area contributed by atoms with Crippen molar-refractivity contribution in [3.05, 3.63) is 29.3 Å². The summed E-state index contributed by atoms with van der Waals surface area (Å²) in [5.74, 6) is 0.321. The van der Waals surface area contributed by atoms with Crippen LogP contribution in [0.5, 0.6) is 0 Å². The predicted molar refractivity (Wildman–Crippen MR) is 81.7 cm³/mol. The molecule has 1 aliphatic carbocycles. The minimum absolute atomic E-state index is 0.00518. The maximum Gasteiger partial charge on any atom is 0.214 e. The summed E-state index contributed by atoms with van der Waals surface area (Å²) >= 11 is 1.49. The predicted octanol–water partition coefficient (Wildman–Crippen LogP) is 2.88. The Balaban J connectivity index is 1.88. The summed E-state index contributed by atoms with van der Waals surface area (Å²) in [6.45, 7) is 4.11. The molecule has 1 fully saturated rings. The van der Waals surface area contributed by atoms with Crippen LogP contribution in [0.2, 0.25) is 0 Å². The van der Waals surface area contributed by atoms with Gasteiger partial charge in [-0.25, -0.2) is 0 Å². The Kier molecular flexibility index (Phi) is 4.05. The third-order valence-corrected chi connectivity index (χ3v) is 4.89. The van der Waals surface area contributed by atoms with Gasteiger partial charge in [-0.05, 0) is 60.4 Å². The molecule has 1 unspecified atom stereocenters. The molecule has 1 aliphatic rings. The Bertz CT molecular complexity index is 647. The SMILES string of the molecule is Cc1cc(C)cc(-n2nnnc2SC2CCCCC2=O)c1. The van der Waals surface area contributed by atoms with Gasteiger partial charge in [-0.1, -0.05) is 24.2 Å². The molecular weight excluding hydrogens is 284 g/mol. The quantitative estimate of drug-likeness (QED) is 0.872. The fourth-order valence-electron chi connectivity index (χ4n) is 2.69. The summed E-state index contributed by atoms with van der Waals surface area (Å²) in [7, 11) is 0. The van der Waals surface area contributed by atoms with E-state index in [0.29, 0.717) is 17.4 Å². The van der Waals surface area contributed by atoms with E-state index in [1.165, 1.54) is 22.9 Å². The minimum Gasteiger partial charge on any atom is -0.298 e. The number of benzene rings is 1. The highest BCUT2D eigenvalue weighted by atomic mass is 32.2. The molecule has 5 nitrogen and oxygen atoms in total. The van der Waals surface area contributed by atoms with Crippen LogP contribution in [-0.2, 0) is 4.79 Å². The Morgan fingerprint density at radius 1 is 1.19 bits per heavy atom. The van der Waals surface area contributed by atoms with Gasteiger partial charge in [-0.15, -0.1) is 5.10 Å². The van der Waals surface area contributed by atoms with Crippen LogP contribution in [0.25, 0.3) is 5.69 Å². The lowest BCUT2D eigenvalue weighted by molar-refractivity contribution is -0.119. The number of aromatic nitrogens is 4. The topological polar surface area (TPSA) is 60.7 Å². The molecule has 0 N–H and O–H groups in total. The van der Waals surface area contributed by atoms with E-state index < -0.39 is 0 Å². The summed E-state index contributed by atoms with van der Waals surface area (Å²) in [5, 5.41) is 12.6. The number of hydrogen-bond donors (Lipinski definition) is 0. The third-order valence-electron chi connectivity index (χ3n) is 3.64. The summed E-state index contributed by atoms with van der Waals surface area (Å²) in [6, 6.07) is 6.22. The number of carbonyl (C=O) groups excluding carboxylic acids is 1.